The predicted octanol–water partition coefficient (Wildman–Crippen LogP) is 3.39. The van der Waals surface area contributed by atoms with Crippen molar-refractivity contribution in [3.8, 4) is 0 Å². The molecule has 0 heterocycles. The monoisotopic (exact) mass is 192 g/mol. The topological polar surface area (TPSA) is 9.23 Å². The van der Waals surface area contributed by atoms with E-state index in [9.17, 15) is 13.2 Å². The summed E-state index contributed by atoms with van der Waals surface area (Å²) in [6.07, 6.45) is 1.73. The molecule has 13 heavy (non-hydrogen) atoms. The summed E-state index contributed by atoms with van der Waals surface area (Å²) in [4.78, 5) is 0. The number of allylic oxidation sites excluding steroid dienone is 4. The Morgan fingerprint density at radius 3 is 2.77 bits per heavy atom. The minimum atomic E-state index is -4.57. The highest BCUT2D eigenvalue weighted by Gasteiger charge is 2.33. The summed E-state index contributed by atoms with van der Waals surface area (Å²) < 4.78 is 39.5. The average Bonchev–Trinajstić information content (AvgIpc) is 2.14. The lowest BCUT2D eigenvalue weighted by molar-refractivity contribution is -0.308. The van der Waals surface area contributed by atoms with Crippen LogP contribution in [0.4, 0.5) is 13.2 Å². The molecular weight excluding hydrogens is 181 g/mol. The first kappa shape index (κ1) is 10.2. The fraction of sp³-hybridized carbons (Fsp3) is 0.556. The second kappa shape index (κ2) is 3.85. The van der Waals surface area contributed by atoms with E-state index in [2.05, 4.69) is 4.74 Å². The molecule has 74 valence electrons. The molecule has 4 heteroatoms. The molecule has 0 radical (unpaired) electrons. The van der Waals surface area contributed by atoms with Crippen LogP contribution < -0.4 is 0 Å². The van der Waals surface area contributed by atoms with Crippen LogP contribution in [-0.4, -0.2) is 6.36 Å². The third-order valence-corrected chi connectivity index (χ3v) is 1.88. The second-order valence-electron chi connectivity index (χ2n) is 3.02. The zero-order valence-electron chi connectivity index (χ0n) is 7.27. The summed E-state index contributed by atoms with van der Waals surface area (Å²) in [5.74, 6) is -0.169. The Morgan fingerprint density at radius 2 is 2.15 bits per heavy atom. The lowest BCUT2D eigenvalue weighted by Gasteiger charge is -2.16. The standard InChI is InChI=1S/C9H11F3O/c1-7-5-3-2-4-6-8(7)13-9(10,11)12/h2,4,6-7H,3,5H2,1H3. The fourth-order valence-corrected chi connectivity index (χ4v) is 1.18. The van der Waals surface area contributed by atoms with Crippen molar-refractivity contribution in [2.24, 2.45) is 5.92 Å². The zero-order chi connectivity index (χ0) is 9.90. The van der Waals surface area contributed by atoms with E-state index in [0.29, 0.717) is 6.42 Å². The van der Waals surface area contributed by atoms with Gasteiger partial charge in [0.05, 0.1) is 0 Å². The maximum absolute atomic E-state index is 11.9. The van der Waals surface area contributed by atoms with Gasteiger partial charge in [0.25, 0.3) is 0 Å². The molecule has 0 spiro atoms. The normalized spacial score (nSPS) is 23.7. The van der Waals surface area contributed by atoms with Gasteiger partial charge in [-0.15, -0.1) is 13.2 Å². The van der Waals surface area contributed by atoms with Crippen molar-refractivity contribution in [3.63, 3.8) is 0 Å². The Balaban J connectivity index is 2.65. The van der Waals surface area contributed by atoms with Gasteiger partial charge in [0.1, 0.15) is 5.76 Å². The third kappa shape index (κ3) is 3.53. The van der Waals surface area contributed by atoms with Crippen LogP contribution in [0, 0.1) is 5.92 Å². The van der Waals surface area contributed by atoms with Crippen molar-refractivity contribution < 1.29 is 17.9 Å². The molecule has 1 atom stereocenters. The van der Waals surface area contributed by atoms with Crippen LogP contribution in [0.5, 0.6) is 0 Å². The Morgan fingerprint density at radius 1 is 1.46 bits per heavy atom. The van der Waals surface area contributed by atoms with E-state index in [4.69, 9.17) is 0 Å². The second-order valence-corrected chi connectivity index (χ2v) is 3.02. The Labute approximate surface area is 74.9 Å². The minimum Gasteiger partial charge on any atom is -0.410 e. The van der Waals surface area contributed by atoms with Gasteiger partial charge in [-0.2, -0.15) is 0 Å². The minimum absolute atomic E-state index is 0.00116. The van der Waals surface area contributed by atoms with Gasteiger partial charge in [0.15, 0.2) is 0 Å². The molecule has 0 aromatic rings. The van der Waals surface area contributed by atoms with Gasteiger partial charge >= 0.3 is 6.36 Å². The van der Waals surface area contributed by atoms with E-state index in [0.717, 1.165) is 6.42 Å². The summed E-state index contributed by atoms with van der Waals surface area (Å²) in [6.45, 7) is 1.73. The van der Waals surface area contributed by atoms with Crippen LogP contribution in [0.15, 0.2) is 24.0 Å². The van der Waals surface area contributed by atoms with Gasteiger partial charge in [-0.1, -0.05) is 19.1 Å². The molecule has 0 saturated heterocycles. The number of hydrogen-bond acceptors (Lipinski definition) is 1. The SMILES string of the molecule is CC1CCC=CC=C1OC(F)(F)F. The lowest BCUT2D eigenvalue weighted by Crippen LogP contribution is -2.16. The van der Waals surface area contributed by atoms with Crippen molar-refractivity contribution in [2.75, 3.05) is 0 Å². The van der Waals surface area contributed by atoms with Crippen LogP contribution in [0.2, 0.25) is 0 Å². The van der Waals surface area contributed by atoms with Crippen molar-refractivity contribution in [2.45, 2.75) is 26.1 Å². The summed E-state index contributed by atoms with van der Waals surface area (Å²) in [6, 6.07) is 0. The third-order valence-electron chi connectivity index (χ3n) is 1.88. The molecular formula is C9H11F3O. The highest BCUT2D eigenvalue weighted by molar-refractivity contribution is 5.12. The number of halogens is 3. The van der Waals surface area contributed by atoms with Gasteiger partial charge in [-0.3, -0.25) is 0 Å². The Bertz CT molecular complexity index is 228. The summed E-state index contributed by atoms with van der Waals surface area (Å²) >= 11 is 0. The molecule has 0 aromatic heterocycles. The van der Waals surface area contributed by atoms with Crippen LogP contribution in [0.25, 0.3) is 0 Å². The molecule has 0 aliphatic heterocycles. The highest BCUT2D eigenvalue weighted by atomic mass is 19.4. The molecule has 1 rings (SSSR count). The van der Waals surface area contributed by atoms with E-state index in [-0.39, 0.29) is 11.7 Å². The van der Waals surface area contributed by atoms with Gasteiger partial charge < -0.3 is 4.74 Å². The first-order valence-electron chi connectivity index (χ1n) is 4.11. The molecule has 0 fully saturated rings. The van der Waals surface area contributed by atoms with Crippen LogP contribution in [0.1, 0.15) is 19.8 Å². The van der Waals surface area contributed by atoms with Crippen molar-refractivity contribution in [1.29, 1.82) is 0 Å². The van der Waals surface area contributed by atoms with Crippen LogP contribution >= 0.6 is 0 Å². The number of alkyl halides is 3. The molecule has 1 unspecified atom stereocenters. The number of hydrogen-bond donors (Lipinski definition) is 0. The molecule has 0 amide bonds. The predicted molar refractivity (Wildman–Crippen MR) is 42.8 cm³/mol. The first-order chi connectivity index (χ1) is 5.99. The maximum atomic E-state index is 11.9. The quantitative estimate of drug-likeness (QED) is 0.618. The van der Waals surface area contributed by atoms with Gasteiger partial charge in [0.2, 0.25) is 0 Å². The van der Waals surface area contributed by atoms with Gasteiger partial charge in [-0.05, 0) is 18.9 Å². The smallest absolute Gasteiger partial charge is 0.410 e. The largest absolute Gasteiger partial charge is 0.572 e. The van der Waals surface area contributed by atoms with Crippen molar-refractivity contribution >= 4 is 0 Å². The van der Waals surface area contributed by atoms with Crippen molar-refractivity contribution in [1.82, 2.24) is 0 Å². The van der Waals surface area contributed by atoms with E-state index in [1.807, 2.05) is 6.08 Å². The van der Waals surface area contributed by atoms with Crippen LogP contribution in [0.3, 0.4) is 0 Å². The summed E-state index contributed by atoms with van der Waals surface area (Å²) in [5, 5.41) is 0. The number of rotatable bonds is 1. The Hall–Kier alpha value is -0.930. The fourth-order valence-electron chi connectivity index (χ4n) is 1.18. The lowest BCUT2D eigenvalue weighted by atomic mass is 10.1. The highest BCUT2D eigenvalue weighted by Crippen LogP contribution is 2.28. The molecule has 1 nitrogen and oxygen atoms in total. The summed E-state index contributed by atoms with van der Waals surface area (Å²) in [7, 11) is 0. The van der Waals surface area contributed by atoms with E-state index in [1.165, 1.54) is 6.08 Å². The van der Waals surface area contributed by atoms with Gasteiger partial charge in [0, 0.05) is 5.92 Å². The van der Waals surface area contributed by atoms with E-state index in [1.54, 1.807) is 13.0 Å². The van der Waals surface area contributed by atoms with Crippen molar-refractivity contribution in [3.05, 3.63) is 24.0 Å². The molecule has 0 N–H and O–H groups in total. The Kier molecular flexibility index (Phi) is 3.01. The zero-order valence-corrected chi connectivity index (χ0v) is 7.27. The average molecular weight is 192 g/mol. The molecule has 1 aliphatic carbocycles. The molecule has 0 bridgehead atoms. The molecule has 1 aliphatic rings. The first-order valence-corrected chi connectivity index (χ1v) is 4.11. The van der Waals surface area contributed by atoms with E-state index < -0.39 is 6.36 Å². The number of ether oxygens (including phenoxy) is 1. The van der Waals surface area contributed by atoms with E-state index >= 15 is 0 Å². The van der Waals surface area contributed by atoms with Crippen LogP contribution in [-0.2, 0) is 4.74 Å². The summed E-state index contributed by atoms with van der Waals surface area (Å²) in [5.41, 5.74) is 0. The molecule has 0 aromatic carbocycles. The molecule has 0 saturated carbocycles. The maximum Gasteiger partial charge on any atom is 0.572 e. The van der Waals surface area contributed by atoms with Gasteiger partial charge in [-0.25, -0.2) is 0 Å².